The topological polar surface area (TPSA) is 58.6 Å². The quantitative estimate of drug-likeness (QED) is 0.674. The van der Waals surface area contributed by atoms with Crippen LogP contribution in [-0.4, -0.2) is 13.7 Å². The number of aromatic nitrogens is 1. The molecule has 2 aromatic carbocycles. The van der Waals surface area contributed by atoms with E-state index in [1.807, 2.05) is 29.6 Å². The Morgan fingerprint density at radius 2 is 1.69 bits per heavy atom. The molecule has 0 bridgehead atoms. The van der Waals surface area contributed by atoms with Gasteiger partial charge >= 0.3 is 11.7 Å². The second kappa shape index (κ2) is 8.14. The summed E-state index contributed by atoms with van der Waals surface area (Å²) in [7, 11) is 1.63. The third-order valence-corrected chi connectivity index (χ3v) is 4.79. The monoisotopic (exact) mass is 377 g/mol. The highest BCUT2D eigenvalue weighted by Gasteiger charge is 2.20. The summed E-state index contributed by atoms with van der Waals surface area (Å²) in [4.78, 5) is 3.20. The molecule has 26 heavy (non-hydrogen) atoms. The number of hydrogen-bond donors (Lipinski definition) is 1. The van der Waals surface area contributed by atoms with Crippen LogP contribution in [-0.2, 0) is 6.42 Å². The molecule has 0 aliphatic heterocycles. The minimum atomic E-state index is -2.82. The number of aromatic amines is 1. The second-order valence-corrected chi connectivity index (χ2v) is 6.64. The molecule has 0 spiro atoms. The van der Waals surface area contributed by atoms with E-state index < -0.39 is 6.61 Å². The van der Waals surface area contributed by atoms with E-state index in [-0.39, 0.29) is 11.7 Å². The Balaban J connectivity index is 1.85. The number of methoxy groups -OCH3 is 1. The summed E-state index contributed by atoms with van der Waals surface area (Å²) < 4.78 is 34.2. The first kappa shape index (κ1) is 18.1. The van der Waals surface area contributed by atoms with Gasteiger partial charge in [-0.2, -0.15) is 8.78 Å². The fraction of sp³-hybridized carbons (Fsp3) is 0.211. The first-order valence-electron chi connectivity index (χ1n) is 7.99. The van der Waals surface area contributed by atoms with Gasteiger partial charge in [0.05, 0.1) is 13.0 Å². The van der Waals surface area contributed by atoms with Gasteiger partial charge in [0, 0.05) is 5.38 Å². The summed E-state index contributed by atoms with van der Waals surface area (Å²) in [5.41, 5.74) is 8.97. The van der Waals surface area contributed by atoms with Crippen LogP contribution in [0.25, 0.3) is 0 Å². The number of nitrogen functional groups attached to an aromatic ring is 1. The Morgan fingerprint density at radius 1 is 1.04 bits per heavy atom. The summed E-state index contributed by atoms with van der Waals surface area (Å²) in [5.74, 6) is 0.988. The molecule has 136 valence electrons. The van der Waals surface area contributed by atoms with E-state index in [0.29, 0.717) is 11.6 Å². The number of H-pyrrole nitrogens is 1. The molecular formula is C19H19F2N2O2S+. The summed E-state index contributed by atoms with van der Waals surface area (Å²) in [6.45, 7) is -2.82. The van der Waals surface area contributed by atoms with Crippen molar-refractivity contribution in [2.24, 2.45) is 0 Å². The Bertz CT molecular complexity index is 836. The standard InChI is InChI=1S/C19H18F2N2O2S/c1-24-14-8-4-13(5-9-14)16(17-11-26-19(22)23-17)10-12-2-6-15(7-3-12)25-18(20)21/h2-9,11,16,18H,10H2,1H3,(H2,22,23)/p+1. The van der Waals surface area contributed by atoms with Crippen LogP contribution in [0.3, 0.4) is 0 Å². The van der Waals surface area contributed by atoms with E-state index in [4.69, 9.17) is 10.5 Å². The van der Waals surface area contributed by atoms with Crippen LogP contribution < -0.4 is 20.2 Å². The SMILES string of the molecule is COc1ccc(C(Cc2ccc(OC(F)F)cc2)c2csc(N)[nH+]2)cc1. The van der Waals surface area contributed by atoms with Gasteiger partial charge < -0.3 is 9.47 Å². The third-order valence-electron chi connectivity index (χ3n) is 4.06. The molecule has 0 amide bonds. The van der Waals surface area contributed by atoms with Gasteiger partial charge in [0.2, 0.25) is 0 Å². The zero-order chi connectivity index (χ0) is 18.5. The van der Waals surface area contributed by atoms with Crippen LogP contribution in [0.2, 0.25) is 0 Å². The molecule has 0 saturated heterocycles. The second-order valence-electron chi connectivity index (χ2n) is 5.73. The number of hydrogen-bond acceptors (Lipinski definition) is 4. The molecule has 1 aromatic heterocycles. The summed E-state index contributed by atoms with van der Waals surface area (Å²) >= 11 is 1.45. The number of nitrogens with two attached hydrogens (primary N) is 1. The number of benzene rings is 2. The summed E-state index contributed by atoms with van der Waals surface area (Å²) in [5, 5.41) is 2.64. The Hall–Kier alpha value is -2.67. The van der Waals surface area contributed by atoms with Crippen molar-refractivity contribution in [1.29, 1.82) is 0 Å². The fourth-order valence-corrected chi connectivity index (χ4v) is 3.44. The maximum Gasteiger partial charge on any atom is 0.387 e. The molecule has 4 nitrogen and oxygen atoms in total. The van der Waals surface area contributed by atoms with E-state index in [9.17, 15) is 8.78 Å². The molecule has 0 aliphatic rings. The van der Waals surface area contributed by atoms with Crippen molar-refractivity contribution >= 4 is 16.5 Å². The van der Waals surface area contributed by atoms with Gasteiger partial charge in [-0.05, 0) is 41.8 Å². The molecule has 3 aromatic rings. The minimum Gasteiger partial charge on any atom is -0.497 e. The van der Waals surface area contributed by atoms with Gasteiger partial charge in [-0.25, -0.2) is 4.98 Å². The smallest absolute Gasteiger partial charge is 0.387 e. The molecule has 0 aliphatic carbocycles. The number of ether oxygens (including phenoxy) is 2. The summed E-state index contributed by atoms with van der Waals surface area (Å²) in [6, 6.07) is 14.6. The molecule has 0 fully saturated rings. The Morgan fingerprint density at radius 3 is 2.23 bits per heavy atom. The molecule has 1 unspecified atom stereocenters. The number of anilines is 1. The van der Waals surface area contributed by atoms with Gasteiger partial charge in [-0.1, -0.05) is 35.6 Å². The Labute approximate surface area is 154 Å². The Kier molecular flexibility index (Phi) is 5.68. The maximum atomic E-state index is 12.3. The third kappa shape index (κ3) is 4.49. The average molecular weight is 377 g/mol. The van der Waals surface area contributed by atoms with E-state index in [1.165, 1.54) is 11.3 Å². The normalized spacial score (nSPS) is 12.2. The van der Waals surface area contributed by atoms with Crippen molar-refractivity contribution in [1.82, 2.24) is 0 Å². The molecular weight excluding hydrogens is 358 g/mol. The van der Waals surface area contributed by atoms with Crippen molar-refractivity contribution in [3.8, 4) is 11.5 Å². The van der Waals surface area contributed by atoms with Gasteiger partial charge in [-0.3, -0.25) is 5.73 Å². The number of nitrogens with one attached hydrogen (secondary N) is 1. The lowest BCUT2D eigenvalue weighted by atomic mass is 9.89. The van der Waals surface area contributed by atoms with Crippen LogP contribution >= 0.6 is 11.3 Å². The lowest BCUT2D eigenvalue weighted by Gasteiger charge is -2.15. The summed E-state index contributed by atoms with van der Waals surface area (Å²) in [6.07, 6.45) is 0.688. The van der Waals surface area contributed by atoms with E-state index >= 15 is 0 Å². The van der Waals surface area contributed by atoms with Crippen molar-refractivity contribution in [3.05, 3.63) is 70.7 Å². The lowest BCUT2D eigenvalue weighted by molar-refractivity contribution is -0.368. The van der Waals surface area contributed by atoms with E-state index in [2.05, 4.69) is 9.72 Å². The highest BCUT2D eigenvalue weighted by Crippen LogP contribution is 2.30. The van der Waals surface area contributed by atoms with Gasteiger partial charge in [0.25, 0.3) is 0 Å². The maximum absolute atomic E-state index is 12.3. The fourth-order valence-electron chi connectivity index (χ4n) is 2.78. The van der Waals surface area contributed by atoms with Crippen LogP contribution in [0, 0.1) is 0 Å². The molecule has 3 rings (SSSR count). The number of rotatable bonds is 7. The van der Waals surface area contributed by atoms with Crippen molar-refractivity contribution in [2.45, 2.75) is 19.0 Å². The van der Waals surface area contributed by atoms with Gasteiger partial charge in [0.1, 0.15) is 17.2 Å². The van der Waals surface area contributed by atoms with Crippen molar-refractivity contribution < 1.29 is 23.2 Å². The zero-order valence-corrected chi connectivity index (χ0v) is 14.9. The van der Waals surface area contributed by atoms with Gasteiger partial charge in [-0.15, -0.1) is 0 Å². The molecule has 0 radical (unpaired) electrons. The predicted molar refractivity (Wildman–Crippen MR) is 96.9 cm³/mol. The van der Waals surface area contributed by atoms with Crippen LogP contribution in [0.15, 0.2) is 53.9 Å². The zero-order valence-electron chi connectivity index (χ0n) is 14.1. The largest absolute Gasteiger partial charge is 0.497 e. The molecule has 1 heterocycles. The first-order chi connectivity index (χ1) is 12.5. The lowest BCUT2D eigenvalue weighted by Crippen LogP contribution is -2.17. The average Bonchev–Trinajstić information content (AvgIpc) is 3.07. The first-order valence-corrected chi connectivity index (χ1v) is 8.87. The number of thiazole rings is 1. The molecule has 1 atom stereocenters. The highest BCUT2D eigenvalue weighted by atomic mass is 32.1. The molecule has 7 heteroatoms. The molecule has 0 saturated carbocycles. The van der Waals surface area contributed by atoms with Crippen LogP contribution in [0.1, 0.15) is 22.7 Å². The van der Waals surface area contributed by atoms with Gasteiger partial charge in [0.15, 0.2) is 0 Å². The number of alkyl halides is 2. The number of halogens is 2. The van der Waals surface area contributed by atoms with Crippen molar-refractivity contribution in [2.75, 3.05) is 12.8 Å². The van der Waals surface area contributed by atoms with E-state index in [0.717, 1.165) is 22.6 Å². The minimum absolute atomic E-state index is 0.0522. The van der Waals surface area contributed by atoms with Crippen LogP contribution in [0.5, 0.6) is 11.5 Å². The van der Waals surface area contributed by atoms with Crippen molar-refractivity contribution in [3.63, 3.8) is 0 Å². The predicted octanol–water partition coefficient (Wildman–Crippen LogP) is 4.13. The van der Waals surface area contributed by atoms with E-state index in [1.54, 1.807) is 31.4 Å². The molecule has 3 N–H and O–H groups in total. The highest BCUT2D eigenvalue weighted by molar-refractivity contribution is 7.13. The van der Waals surface area contributed by atoms with Crippen LogP contribution in [0.4, 0.5) is 13.9 Å².